The van der Waals surface area contributed by atoms with Gasteiger partial charge >= 0.3 is 0 Å². The molecule has 1 heteroatoms. The molecule has 2 atom stereocenters. The van der Waals surface area contributed by atoms with Gasteiger partial charge in [-0.2, -0.15) is 11.8 Å². The van der Waals surface area contributed by atoms with E-state index in [4.69, 9.17) is 0 Å². The molecule has 0 saturated heterocycles. The van der Waals surface area contributed by atoms with Crippen LogP contribution >= 0.6 is 11.8 Å². The van der Waals surface area contributed by atoms with Gasteiger partial charge in [-0.3, -0.25) is 0 Å². The molecule has 0 bridgehead atoms. The van der Waals surface area contributed by atoms with E-state index in [0.717, 1.165) is 17.8 Å². The summed E-state index contributed by atoms with van der Waals surface area (Å²) >= 11 is 2.02. The zero-order valence-corrected chi connectivity index (χ0v) is 17.8. The molecule has 2 unspecified atom stereocenters. The van der Waals surface area contributed by atoms with Crippen LogP contribution in [0.15, 0.2) is 11.6 Å². The number of rotatable bonds is 15. The van der Waals surface area contributed by atoms with Crippen LogP contribution < -0.4 is 0 Å². The highest BCUT2D eigenvalue weighted by molar-refractivity contribution is 7.99. The van der Waals surface area contributed by atoms with Crippen molar-refractivity contribution in [2.24, 2.45) is 17.8 Å². The molecule has 0 spiro atoms. The Morgan fingerprint density at radius 2 is 1.35 bits per heavy atom. The van der Waals surface area contributed by atoms with Crippen LogP contribution in [0.25, 0.3) is 0 Å². The maximum Gasteiger partial charge on any atom is 0.0115 e. The molecule has 0 fully saturated rings. The highest BCUT2D eigenvalue weighted by atomic mass is 32.2. The quantitative estimate of drug-likeness (QED) is 0.214. The summed E-state index contributed by atoms with van der Waals surface area (Å²) in [7, 11) is 0. The second-order valence-corrected chi connectivity index (χ2v) is 9.39. The smallest absolute Gasteiger partial charge is 0.0115 e. The first-order chi connectivity index (χ1) is 11.0. The topological polar surface area (TPSA) is 0 Å². The third-order valence-electron chi connectivity index (χ3n) is 4.89. The summed E-state index contributed by atoms with van der Waals surface area (Å²) < 4.78 is 0. The van der Waals surface area contributed by atoms with E-state index in [1.54, 1.807) is 5.57 Å². The Labute approximate surface area is 152 Å². The summed E-state index contributed by atoms with van der Waals surface area (Å²) in [4.78, 5) is 0. The van der Waals surface area contributed by atoms with E-state index in [1.165, 1.54) is 69.3 Å². The summed E-state index contributed by atoms with van der Waals surface area (Å²) in [6, 6.07) is 0. The van der Waals surface area contributed by atoms with Crippen molar-refractivity contribution < 1.29 is 0 Å². The first-order valence-corrected chi connectivity index (χ1v) is 11.3. The van der Waals surface area contributed by atoms with Crippen LogP contribution in [0.5, 0.6) is 0 Å². The van der Waals surface area contributed by atoms with E-state index < -0.39 is 0 Å². The van der Waals surface area contributed by atoms with Gasteiger partial charge in [0, 0.05) is 5.75 Å². The largest absolute Gasteiger partial charge is 0.158 e. The van der Waals surface area contributed by atoms with Crippen LogP contribution in [-0.4, -0.2) is 11.5 Å². The Hall–Kier alpha value is 0.0900. The van der Waals surface area contributed by atoms with Crippen LogP contribution in [0, 0.1) is 17.8 Å². The predicted octanol–water partition coefficient (Wildman–Crippen LogP) is 8.12. The molecule has 0 heterocycles. The van der Waals surface area contributed by atoms with Crippen LogP contribution in [0.3, 0.4) is 0 Å². The van der Waals surface area contributed by atoms with Crippen LogP contribution in [0.4, 0.5) is 0 Å². The van der Waals surface area contributed by atoms with Crippen LogP contribution in [0.1, 0.15) is 99.3 Å². The molecule has 0 aliphatic rings. The van der Waals surface area contributed by atoms with E-state index >= 15 is 0 Å². The first-order valence-electron chi connectivity index (χ1n) is 10.2. The highest BCUT2D eigenvalue weighted by Gasteiger charge is 2.06. The van der Waals surface area contributed by atoms with E-state index in [-0.39, 0.29) is 0 Å². The van der Waals surface area contributed by atoms with Crippen molar-refractivity contribution in [1.82, 2.24) is 0 Å². The minimum atomic E-state index is 0.875. The van der Waals surface area contributed by atoms with Crippen molar-refractivity contribution in [3.05, 3.63) is 11.6 Å². The molecular weight excluding hydrogens is 296 g/mol. The maximum absolute atomic E-state index is 2.45. The van der Waals surface area contributed by atoms with Crippen molar-refractivity contribution in [1.29, 1.82) is 0 Å². The number of hydrogen-bond donors (Lipinski definition) is 0. The Morgan fingerprint density at radius 1 is 0.826 bits per heavy atom. The van der Waals surface area contributed by atoms with Gasteiger partial charge in [-0.1, -0.05) is 91.2 Å². The van der Waals surface area contributed by atoms with Gasteiger partial charge in [0.2, 0.25) is 0 Å². The highest BCUT2D eigenvalue weighted by Crippen LogP contribution is 2.22. The van der Waals surface area contributed by atoms with Gasteiger partial charge in [0.25, 0.3) is 0 Å². The summed E-state index contributed by atoms with van der Waals surface area (Å²) in [5, 5.41) is 0. The lowest BCUT2D eigenvalue weighted by Gasteiger charge is -2.15. The Morgan fingerprint density at radius 3 is 1.87 bits per heavy atom. The molecule has 0 amide bonds. The van der Waals surface area contributed by atoms with Crippen molar-refractivity contribution in [3.63, 3.8) is 0 Å². The third-order valence-corrected chi connectivity index (χ3v) is 5.70. The summed E-state index contributed by atoms with van der Waals surface area (Å²) in [6.45, 7) is 14.1. The van der Waals surface area contributed by atoms with E-state index in [9.17, 15) is 0 Å². The van der Waals surface area contributed by atoms with Crippen LogP contribution in [-0.2, 0) is 0 Å². The molecule has 0 radical (unpaired) electrons. The SMILES string of the molecule is CCSC/C=C(\C)CCCC(C)CCCC(C)CCCC(C)C. The molecule has 138 valence electrons. The molecule has 0 aromatic carbocycles. The fourth-order valence-corrected chi connectivity index (χ4v) is 3.77. The van der Waals surface area contributed by atoms with Crippen molar-refractivity contribution in [2.45, 2.75) is 99.3 Å². The lowest BCUT2D eigenvalue weighted by molar-refractivity contribution is 0.389. The number of hydrogen-bond acceptors (Lipinski definition) is 1. The Kier molecular flexibility index (Phi) is 15.7. The molecule has 0 aromatic heterocycles. The van der Waals surface area contributed by atoms with Gasteiger partial charge in [-0.25, -0.2) is 0 Å². The first kappa shape index (κ1) is 23.1. The Bertz CT molecular complexity index is 280. The molecule has 0 aromatic rings. The maximum atomic E-state index is 2.45. The second-order valence-electron chi connectivity index (χ2n) is 8.07. The molecule has 23 heavy (non-hydrogen) atoms. The van der Waals surface area contributed by atoms with Gasteiger partial charge in [0.15, 0.2) is 0 Å². The Balaban J connectivity index is 3.56. The molecule has 0 saturated carbocycles. The zero-order valence-electron chi connectivity index (χ0n) is 17.0. The van der Waals surface area contributed by atoms with Crippen molar-refractivity contribution in [2.75, 3.05) is 11.5 Å². The normalized spacial score (nSPS) is 15.2. The van der Waals surface area contributed by atoms with Gasteiger partial charge < -0.3 is 0 Å². The van der Waals surface area contributed by atoms with Gasteiger partial charge in [-0.05, 0) is 43.3 Å². The lowest BCUT2D eigenvalue weighted by Crippen LogP contribution is -2.00. The van der Waals surface area contributed by atoms with Crippen molar-refractivity contribution >= 4 is 11.8 Å². The van der Waals surface area contributed by atoms with Gasteiger partial charge in [-0.15, -0.1) is 0 Å². The van der Waals surface area contributed by atoms with E-state index in [0.29, 0.717) is 0 Å². The number of allylic oxidation sites excluding steroid dienone is 1. The monoisotopic (exact) mass is 340 g/mol. The minimum Gasteiger partial charge on any atom is -0.158 e. The molecule has 0 N–H and O–H groups in total. The van der Waals surface area contributed by atoms with Crippen LogP contribution in [0.2, 0.25) is 0 Å². The summed E-state index contributed by atoms with van der Waals surface area (Å²) in [5.41, 5.74) is 1.59. The molecule has 0 aliphatic heterocycles. The second kappa shape index (κ2) is 15.6. The molecule has 0 nitrogen and oxygen atoms in total. The summed E-state index contributed by atoms with van der Waals surface area (Å²) in [5.74, 6) is 5.15. The average molecular weight is 341 g/mol. The minimum absolute atomic E-state index is 0.875. The van der Waals surface area contributed by atoms with E-state index in [2.05, 4.69) is 47.6 Å². The zero-order chi connectivity index (χ0) is 17.5. The molecule has 0 rings (SSSR count). The number of thioether (sulfide) groups is 1. The fourth-order valence-electron chi connectivity index (χ4n) is 3.13. The average Bonchev–Trinajstić information content (AvgIpc) is 2.47. The predicted molar refractivity (Wildman–Crippen MR) is 111 cm³/mol. The fraction of sp³-hybridized carbons (Fsp3) is 0.909. The third kappa shape index (κ3) is 16.7. The summed E-state index contributed by atoms with van der Waals surface area (Å²) in [6.07, 6.45) is 15.1. The molecule has 0 aliphatic carbocycles. The van der Waals surface area contributed by atoms with Gasteiger partial charge in [0.05, 0.1) is 0 Å². The molecular formula is C22H44S. The van der Waals surface area contributed by atoms with Crippen molar-refractivity contribution in [3.8, 4) is 0 Å². The lowest BCUT2D eigenvalue weighted by atomic mass is 9.91. The standard InChI is InChI=1S/C22H44S/c1-7-23-18-17-22(6)16-10-15-21(5)14-9-13-20(4)12-8-11-19(2)3/h17,19-21H,7-16,18H2,1-6H3/b22-17+. The van der Waals surface area contributed by atoms with Gasteiger partial charge in [0.1, 0.15) is 0 Å². The van der Waals surface area contributed by atoms with E-state index in [1.807, 2.05) is 11.8 Å².